The number of hydrogen-bond acceptors (Lipinski definition) is 11. The average Bonchev–Trinajstić information content (AvgIpc) is 3.20. The lowest BCUT2D eigenvalue weighted by molar-refractivity contribution is -0.192. The minimum absolute atomic E-state index is 0.0169. The summed E-state index contributed by atoms with van der Waals surface area (Å²) >= 11 is 0. The molecular formula is C25H31F3N4O11. The minimum atomic E-state index is -5.08. The first-order valence-corrected chi connectivity index (χ1v) is 12.9. The number of nitrogens with two attached hydrogens (primary N) is 1. The molecule has 0 spiro atoms. The van der Waals surface area contributed by atoms with E-state index < -0.39 is 47.7 Å². The van der Waals surface area contributed by atoms with Crippen molar-refractivity contribution < 1.29 is 66.0 Å². The maximum Gasteiger partial charge on any atom is 0.490 e. The number of fused-ring (bicyclic) bond motifs is 1. The van der Waals surface area contributed by atoms with E-state index in [4.69, 9.17) is 34.6 Å². The maximum atomic E-state index is 13.0. The van der Waals surface area contributed by atoms with Gasteiger partial charge in [0.1, 0.15) is 11.8 Å². The molecule has 15 nitrogen and oxygen atoms in total. The molecule has 238 valence electrons. The van der Waals surface area contributed by atoms with Crippen LogP contribution in [0.4, 0.5) is 13.2 Å². The Morgan fingerprint density at radius 2 is 1.60 bits per heavy atom. The first kappa shape index (κ1) is 35.1. The number of benzene rings is 1. The first-order valence-electron chi connectivity index (χ1n) is 12.9. The van der Waals surface area contributed by atoms with Crippen molar-refractivity contribution in [3.8, 4) is 5.75 Å². The third-order valence-electron chi connectivity index (χ3n) is 5.61. The summed E-state index contributed by atoms with van der Waals surface area (Å²) in [5, 5.41) is 11.9. The van der Waals surface area contributed by atoms with Gasteiger partial charge in [0, 0.05) is 19.5 Å². The van der Waals surface area contributed by atoms with E-state index in [0.717, 1.165) is 4.90 Å². The Hall–Kier alpha value is -4.13. The highest BCUT2D eigenvalue weighted by Gasteiger charge is 2.46. The van der Waals surface area contributed by atoms with E-state index >= 15 is 0 Å². The number of hydrogen-bond donors (Lipinski definition) is 4. The molecule has 0 saturated carbocycles. The molecule has 0 radical (unpaired) electrons. The van der Waals surface area contributed by atoms with Gasteiger partial charge in [-0.1, -0.05) is 6.07 Å². The standard InChI is InChI=1S/C23H30N4O9.C2HF3O2/c24-6-8-33-10-12-35-13-11-34-9-7-25-19(29)14-36-17-3-1-2-15-20(17)23(32)27(22(15)31)16-4-5-18(28)26-21(16)30;3-2(4,5)1(6)7/h1-3,16H,4-14,24H2,(H,25,29)(H,26,28,30);(H,6,7). The molecule has 1 aromatic carbocycles. The molecule has 0 aromatic heterocycles. The van der Waals surface area contributed by atoms with Crippen molar-refractivity contribution in [2.45, 2.75) is 25.1 Å². The van der Waals surface area contributed by atoms with Crippen LogP contribution in [0, 0.1) is 0 Å². The maximum absolute atomic E-state index is 13.0. The van der Waals surface area contributed by atoms with Crippen molar-refractivity contribution in [3.63, 3.8) is 0 Å². The van der Waals surface area contributed by atoms with Gasteiger partial charge in [-0.15, -0.1) is 0 Å². The highest BCUT2D eigenvalue weighted by atomic mass is 19.4. The van der Waals surface area contributed by atoms with Crippen molar-refractivity contribution in [2.24, 2.45) is 5.73 Å². The monoisotopic (exact) mass is 620 g/mol. The molecule has 1 aromatic rings. The second kappa shape index (κ2) is 17.1. The Bertz CT molecular complexity index is 1180. The van der Waals surface area contributed by atoms with Gasteiger partial charge < -0.3 is 35.1 Å². The lowest BCUT2D eigenvalue weighted by atomic mass is 10.0. The van der Waals surface area contributed by atoms with Crippen LogP contribution in [0.15, 0.2) is 18.2 Å². The Kier molecular flexibility index (Phi) is 13.9. The molecule has 18 heteroatoms. The van der Waals surface area contributed by atoms with E-state index in [1.54, 1.807) is 0 Å². The Labute approximate surface area is 242 Å². The zero-order chi connectivity index (χ0) is 32.0. The summed E-state index contributed by atoms with van der Waals surface area (Å²) in [6, 6.07) is 3.35. The number of alkyl halides is 3. The molecular weight excluding hydrogens is 589 g/mol. The fraction of sp³-hybridized carbons (Fsp3) is 0.520. The topological polar surface area (TPSA) is 213 Å². The number of imide groups is 2. The normalized spacial score (nSPS) is 16.3. The molecule has 43 heavy (non-hydrogen) atoms. The number of halogens is 3. The van der Waals surface area contributed by atoms with Gasteiger partial charge in [0.05, 0.1) is 50.8 Å². The zero-order valence-corrected chi connectivity index (χ0v) is 22.8. The molecule has 1 unspecified atom stereocenters. The Balaban J connectivity index is 0.000000821. The number of carbonyl (C=O) groups is 6. The van der Waals surface area contributed by atoms with Crippen LogP contribution in [0.2, 0.25) is 0 Å². The van der Waals surface area contributed by atoms with E-state index in [1.165, 1.54) is 18.2 Å². The third-order valence-corrected chi connectivity index (χ3v) is 5.61. The predicted octanol–water partition coefficient (Wildman–Crippen LogP) is -0.775. The van der Waals surface area contributed by atoms with Gasteiger partial charge >= 0.3 is 12.1 Å². The smallest absolute Gasteiger partial charge is 0.483 e. The van der Waals surface area contributed by atoms with Gasteiger partial charge in [0.2, 0.25) is 11.8 Å². The number of ether oxygens (including phenoxy) is 4. The van der Waals surface area contributed by atoms with Crippen LogP contribution in [0.3, 0.4) is 0 Å². The second-order valence-corrected chi connectivity index (χ2v) is 8.69. The van der Waals surface area contributed by atoms with E-state index in [2.05, 4.69) is 10.6 Å². The van der Waals surface area contributed by atoms with Crippen LogP contribution in [-0.4, -0.2) is 117 Å². The predicted molar refractivity (Wildman–Crippen MR) is 137 cm³/mol. The van der Waals surface area contributed by atoms with Crippen molar-refractivity contribution in [1.29, 1.82) is 0 Å². The number of piperidine rings is 1. The largest absolute Gasteiger partial charge is 0.490 e. The van der Waals surface area contributed by atoms with Crippen LogP contribution in [0.5, 0.6) is 5.75 Å². The van der Waals surface area contributed by atoms with E-state index in [-0.39, 0.29) is 49.5 Å². The highest BCUT2D eigenvalue weighted by Crippen LogP contribution is 2.33. The number of aliphatic carboxylic acids is 1. The van der Waals surface area contributed by atoms with Gasteiger partial charge in [0.15, 0.2) is 6.61 Å². The molecule has 2 aliphatic rings. The average molecular weight is 621 g/mol. The SMILES string of the molecule is NCCOCCOCCOCCNC(=O)COc1cccc2c1C(=O)N(C1CCC(=O)NC1=O)C2=O.O=C(O)C(F)(F)F. The summed E-state index contributed by atoms with van der Waals surface area (Å²) in [5.74, 6) is -5.65. The number of rotatable bonds is 15. The van der Waals surface area contributed by atoms with Crippen molar-refractivity contribution >= 4 is 35.5 Å². The Morgan fingerprint density at radius 3 is 2.19 bits per heavy atom. The fourth-order valence-corrected chi connectivity index (χ4v) is 3.69. The second-order valence-electron chi connectivity index (χ2n) is 8.69. The van der Waals surface area contributed by atoms with Crippen molar-refractivity contribution in [2.75, 3.05) is 59.3 Å². The number of nitrogens with zero attached hydrogens (tertiary/aromatic N) is 1. The van der Waals surface area contributed by atoms with Crippen LogP contribution < -0.4 is 21.1 Å². The number of carboxylic acids is 1. The molecule has 1 fully saturated rings. The van der Waals surface area contributed by atoms with E-state index in [9.17, 15) is 37.1 Å². The lowest BCUT2D eigenvalue weighted by Gasteiger charge is -2.27. The number of carbonyl (C=O) groups excluding carboxylic acids is 5. The van der Waals surface area contributed by atoms with Crippen molar-refractivity contribution in [3.05, 3.63) is 29.3 Å². The van der Waals surface area contributed by atoms with Crippen LogP contribution in [0.1, 0.15) is 33.6 Å². The summed E-state index contributed by atoms with van der Waals surface area (Å²) < 4.78 is 53.1. The molecule has 2 heterocycles. The highest BCUT2D eigenvalue weighted by molar-refractivity contribution is 6.24. The van der Waals surface area contributed by atoms with E-state index in [0.29, 0.717) is 39.6 Å². The lowest BCUT2D eigenvalue weighted by Crippen LogP contribution is -2.54. The van der Waals surface area contributed by atoms with Gasteiger partial charge in [-0.25, -0.2) is 4.79 Å². The van der Waals surface area contributed by atoms with Crippen LogP contribution in [0.25, 0.3) is 0 Å². The summed E-state index contributed by atoms with van der Waals surface area (Å²) in [4.78, 5) is 71.3. The minimum Gasteiger partial charge on any atom is -0.483 e. The first-order chi connectivity index (χ1) is 20.4. The van der Waals surface area contributed by atoms with Crippen LogP contribution >= 0.6 is 0 Å². The van der Waals surface area contributed by atoms with Gasteiger partial charge in [-0.3, -0.25) is 34.2 Å². The number of amides is 5. The summed E-state index contributed by atoms with van der Waals surface area (Å²) in [6.07, 6.45) is -5.01. The zero-order valence-electron chi connectivity index (χ0n) is 22.8. The quantitative estimate of drug-likeness (QED) is 0.141. The molecule has 1 saturated heterocycles. The summed E-state index contributed by atoms with van der Waals surface area (Å²) in [6.45, 7) is 2.75. The van der Waals surface area contributed by atoms with Gasteiger partial charge in [-0.2, -0.15) is 13.2 Å². The molecule has 5 N–H and O–H groups in total. The van der Waals surface area contributed by atoms with Crippen LogP contribution in [-0.2, 0) is 33.4 Å². The van der Waals surface area contributed by atoms with Crippen molar-refractivity contribution in [1.82, 2.24) is 15.5 Å². The number of carboxylic acid groups (broad SMARTS) is 1. The van der Waals surface area contributed by atoms with E-state index in [1.807, 2.05) is 0 Å². The fourth-order valence-electron chi connectivity index (χ4n) is 3.69. The van der Waals surface area contributed by atoms with Gasteiger partial charge in [-0.05, 0) is 18.6 Å². The molecule has 0 aliphatic carbocycles. The van der Waals surface area contributed by atoms with Gasteiger partial charge in [0.25, 0.3) is 17.7 Å². The Morgan fingerprint density at radius 1 is 1.00 bits per heavy atom. The summed E-state index contributed by atoms with van der Waals surface area (Å²) in [7, 11) is 0. The molecule has 1 atom stereocenters. The summed E-state index contributed by atoms with van der Waals surface area (Å²) in [5.41, 5.74) is 5.36. The number of nitrogens with one attached hydrogen (secondary N) is 2. The third kappa shape index (κ3) is 10.9. The molecule has 3 rings (SSSR count). The molecule has 5 amide bonds. The molecule has 2 aliphatic heterocycles. The molecule has 0 bridgehead atoms.